The number of nitrogens with one attached hydrogen (secondary N) is 1. The number of hydroxylamine groups is 1. The monoisotopic (exact) mass is 203 g/mol. The first-order valence-corrected chi connectivity index (χ1v) is 4.95. The Morgan fingerprint density at radius 3 is 2.43 bits per heavy atom. The van der Waals surface area contributed by atoms with Gasteiger partial charge in [-0.05, 0) is 12.3 Å². The van der Waals surface area contributed by atoms with E-state index in [0.29, 0.717) is 6.54 Å². The Labute approximate surface area is 85.1 Å². The third kappa shape index (κ3) is 4.55. The summed E-state index contributed by atoms with van der Waals surface area (Å²) in [5.41, 5.74) is 13.8. The molecule has 0 aromatic carbocycles. The van der Waals surface area contributed by atoms with Crippen molar-refractivity contribution in [3.05, 3.63) is 0 Å². The lowest BCUT2D eigenvalue weighted by molar-refractivity contribution is -0.153. The first-order chi connectivity index (χ1) is 6.50. The minimum absolute atomic E-state index is 0.156. The molecular formula is C9H21N3O2. The van der Waals surface area contributed by atoms with Crippen LogP contribution in [0.25, 0.3) is 0 Å². The van der Waals surface area contributed by atoms with Gasteiger partial charge in [-0.2, -0.15) is 5.48 Å². The maximum Gasteiger partial charge on any atom is 0.343 e. The second-order valence-electron chi connectivity index (χ2n) is 3.66. The van der Waals surface area contributed by atoms with Crippen molar-refractivity contribution < 1.29 is 9.63 Å². The molecule has 1 unspecified atom stereocenters. The molecule has 0 aromatic rings. The average Bonchev–Trinajstić information content (AvgIpc) is 2.15. The van der Waals surface area contributed by atoms with E-state index in [1.54, 1.807) is 0 Å². The van der Waals surface area contributed by atoms with E-state index in [9.17, 15) is 4.79 Å². The molecule has 2 atom stereocenters. The molecule has 0 saturated carbocycles. The highest BCUT2D eigenvalue weighted by molar-refractivity contribution is 5.76. The first kappa shape index (κ1) is 13.4. The van der Waals surface area contributed by atoms with E-state index in [0.717, 1.165) is 6.42 Å². The zero-order chi connectivity index (χ0) is 11.1. The number of hydrogen-bond acceptors (Lipinski definition) is 5. The highest BCUT2D eigenvalue weighted by Gasteiger charge is 2.25. The highest BCUT2D eigenvalue weighted by Crippen LogP contribution is 2.02. The number of nitrogens with two attached hydrogens (primary N) is 2. The molecule has 14 heavy (non-hydrogen) atoms. The van der Waals surface area contributed by atoms with Crippen molar-refractivity contribution in [3.63, 3.8) is 0 Å². The van der Waals surface area contributed by atoms with Crippen molar-refractivity contribution in [2.24, 2.45) is 17.4 Å². The van der Waals surface area contributed by atoms with Gasteiger partial charge in [0.15, 0.2) is 0 Å². The summed E-state index contributed by atoms with van der Waals surface area (Å²) in [6.07, 6.45) is 0.888. The number of rotatable bonds is 6. The van der Waals surface area contributed by atoms with Crippen LogP contribution >= 0.6 is 0 Å². The summed E-state index contributed by atoms with van der Waals surface area (Å²) in [5.74, 6) is -0.344. The van der Waals surface area contributed by atoms with Crippen molar-refractivity contribution >= 4 is 5.97 Å². The van der Waals surface area contributed by atoms with Crippen LogP contribution in [0.1, 0.15) is 27.2 Å². The van der Waals surface area contributed by atoms with Gasteiger partial charge in [-0.1, -0.05) is 20.8 Å². The van der Waals surface area contributed by atoms with E-state index >= 15 is 0 Å². The van der Waals surface area contributed by atoms with Crippen LogP contribution in [-0.4, -0.2) is 24.6 Å². The van der Waals surface area contributed by atoms with E-state index in [1.807, 2.05) is 20.8 Å². The Morgan fingerprint density at radius 1 is 1.43 bits per heavy atom. The third-order valence-electron chi connectivity index (χ3n) is 1.98. The summed E-state index contributed by atoms with van der Waals surface area (Å²) in [6.45, 7) is 6.42. The zero-order valence-corrected chi connectivity index (χ0v) is 9.12. The molecule has 5 nitrogen and oxygen atoms in total. The number of carbonyl (C=O) groups is 1. The largest absolute Gasteiger partial charge is 0.369 e. The minimum atomic E-state index is -0.764. The van der Waals surface area contributed by atoms with Crippen molar-refractivity contribution in [1.82, 2.24) is 5.48 Å². The van der Waals surface area contributed by atoms with Gasteiger partial charge < -0.3 is 16.3 Å². The fourth-order valence-corrected chi connectivity index (χ4v) is 0.864. The van der Waals surface area contributed by atoms with Crippen LogP contribution in [0.5, 0.6) is 0 Å². The number of hydrogen-bond donors (Lipinski definition) is 3. The summed E-state index contributed by atoms with van der Waals surface area (Å²) < 4.78 is 0. The topological polar surface area (TPSA) is 90.4 Å². The Kier molecular flexibility index (Phi) is 6.44. The molecule has 0 fully saturated rings. The molecule has 0 saturated heterocycles. The summed E-state index contributed by atoms with van der Waals surface area (Å²) in [7, 11) is 0. The molecule has 84 valence electrons. The zero-order valence-electron chi connectivity index (χ0n) is 9.12. The van der Waals surface area contributed by atoms with Gasteiger partial charge in [-0.25, -0.2) is 4.79 Å². The average molecular weight is 203 g/mol. The molecule has 0 aliphatic heterocycles. The van der Waals surface area contributed by atoms with Crippen LogP contribution in [0.4, 0.5) is 0 Å². The van der Waals surface area contributed by atoms with E-state index in [4.69, 9.17) is 16.3 Å². The Balaban J connectivity index is 3.86. The van der Waals surface area contributed by atoms with Gasteiger partial charge in [0.25, 0.3) is 0 Å². The molecule has 0 spiro atoms. The second-order valence-corrected chi connectivity index (χ2v) is 3.66. The molecule has 0 rings (SSSR count). The van der Waals surface area contributed by atoms with Gasteiger partial charge in [0, 0.05) is 12.6 Å². The smallest absolute Gasteiger partial charge is 0.343 e. The maximum absolute atomic E-state index is 11.3. The second kappa shape index (κ2) is 6.75. The molecule has 0 aliphatic rings. The quantitative estimate of drug-likeness (QED) is 0.409. The Hall–Kier alpha value is -0.650. The SMILES string of the molecule is CCCNOC(=O)[C@@H](N)C(N)C(C)C. The molecule has 5 heteroatoms. The van der Waals surface area contributed by atoms with Gasteiger partial charge in [0.05, 0.1) is 0 Å². The predicted molar refractivity (Wildman–Crippen MR) is 55.2 cm³/mol. The minimum Gasteiger partial charge on any atom is -0.369 e. The predicted octanol–water partition coefficient (Wildman–Crippen LogP) is -0.245. The normalized spacial score (nSPS) is 15.3. The lowest BCUT2D eigenvalue weighted by atomic mass is 9.98. The van der Waals surface area contributed by atoms with E-state index in [1.165, 1.54) is 0 Å². The van der Waals surface area contributed by atoms with Crippen LogP contribution in [0.2, 0.25) is 0 Å². The molecule has 0 aliphatic carbocycles. The van der Waals surface area contributed by atoms with Crippen LogP contribution in [-0.2, 0) is 9.63 Å². The lowest BCUT2D eigenvalue weighted by Gasteiger charge is -2.21. The van der Waals surface area contributed by atoms with Gasteiger partial charge in [-0.3, -0.25) is 0 Å². The standard InChI is InChI=1S/C9H21N3O2/c1-4-5-12-14-9(13)8(11)7(10)6(2)3/h6-8,12H,4-5,10-11H2,1-3H3/t7?,8-/m0/s1. The molecular weight excluding hydrogens is 182 g/mol. The van der Waals surface area contributed by atoms with Gasteiger partial charge >= 0.3 is 5.97 Å². The molecule has 0 bridgehead atoms. The third-order valence-corrected chi connectivity index (χ3v) is 1.98. The molecule has 0 radical (unpaired) electrons. The van der Waals surface area contributed by atoms with E-state index in [-0.39, 0.29) is 12.0 Å². The Morgan fingerprint density at radius 2 is 2.00 bits per heavy atom. The number of carbonyl (C=O) groups excluding carboxylic acids is 1. The van der Waals surface area contributed by atoms with Crippen LogP contribution in [0, 0.1) is 5.92 Å². The van der Waals surface area contributed by atoms with Crippen LogP contribution in [0.15, 0.2) is 0 Å². The molecule has 0 heterocycles. The summed E-state index contributed by atoms with van der Waals surface area (Å²) >= 11 is 0. The van der Waals surface area contributed by atoms with Crippen molar-refractivity contribution in [2.45, 2.75) is 39.3 Å². The van der Waals surface area contributed by atoms with Crippen molar-refractivity contribution in [3.8, 4) is 0 Å². The Bertz CT molecular complexity index is 173. The molecule has 0 aromatic heterocycles. The molecule has 5 N–H and O–H groups in total. The van der Waals surface area contributed by atoms with Crippen LogP contribution < -0.4 is 16.9 Å². The van der Waals surface area contributed by atoms with Crippen LogP contribution in [0.3, 0.4) is 0 Å². The lowest BCUT2D eigenvalue weighted by Crippen LogP contribution is -2.51. The van der Waals surface area contributed by atoms with Crippen molar-refractivity contribution in [2.75, 3.05) is 6.54 Å². The van der Waals surface area contributed by atoms with Gasteiger partial charge in [-0.15, -0.1) is 0 Å². The van der Waals surface area contributed by atoms with Gasteiger partial charge in [0.1, 0.15) is 6.04 Å². The van der Waals surface area contributed by atoms with E-state index in [2.05, 4.69) is 5.48 Å². The van der Waals surface area contributed by atoms with E-state index < -0.39 is 12.0 Å². The highest BCUT2D eigenvalue weighted by atomic mass is 16.7. The van der Waals surface area contributed by atoms with Gasteiger partial charge in [0.2, 0.25) is 0 Å². The summed E-state index contributed by atoms with van der Waals surface area (Å²) in [5, 5.41) is 0. The maximum atomic E-state index is 11.3. The fourth-order valence-electron chi connectivity index (χ4n) is 0.864. The molecule has 0 amide bonds. The fraction of sp³-hybridized carbons (Fsp3) is 0.889. The van der Waals surface area contributed by atoms with Crippen molar-refractivity contribution in [1.29, 1.82) is 0 Å². The first-order valence-electron chi connectivity index (χ1n) is 4.95. The summed E-state index contributed by atoms with van der Waals surface area (Å²) in [4.78, 5) is 16.0. The summed E-state index contributed by atoms with van der Waals surface area (Å²) in [6, 6.07) is -1.13.